The number of methoxy groups -OCH3 is 1. The van der Waals surface area contributed by atoms with E-state index in [0.717, 1.165) is 18.9 Å². The summed E-state index contributed by atoms with van der Waals surface area (Å²) in [5.74, 6) is 1.11. The highest BCUT2D eigenvalue weighted by atomic mass is 16.5. The lowest BCUT2D eigenvalue weighted by molar-refractivity contribution is 0.0596. The minimum Gasteiger partial charge on any atom is -0.476 e. The third-order valence-corrected chi connectivity index (χ3v) is 4.70. The number of nitrogens with one attached hydrogen (secondary N) is 1. The van der Waals surface area contributed by atoms with E-state index < -0.39 is 5.97 Å². The van der Waals surface area contributed by atoms with Crippen molar-refractivity contribution in [1.29, 1.82) is 0 Å². The van der Waals surface area contributed by atoms with Gasteiger partial charge in [-0.3, -0.25) is 4.79 Å². The fraction of sp³-hybridized carbons (Fsp3) is 0.429. The summed E-state index contributed by atoms with van der Waals surface area (Å²) in [6.45, 7) is 4.35. The summed E-state index contributed by atoms with van der Waals surface area (Å²) < 4.78 is 10.4. The molecule has 0 unspecified atom stereocenters. The fourth-order valence-electron chi connectivity index (χ4n) is 3.27. The van der Waals surface area contributed by atoms with Crippen molar-refractivity contribution in [2.75, 3.05) is 38.3 Å². The van der Waals surface area contributed by atoms with Crippen LogP contribution in [-0.4, -0.2) is 55.2 Å². The Morgan fingerprint density at radius 3 is 2.55 bits per heavy atom. The van der Waals surface area contributed by atoms with Crippen LogP contribution >= 0.6 is 0 Å². The molecule has 2 aromatic rings. The van der Waals surface area contributed by atoms with Crippen LogP contribution in [0.2, 0.25) is 0 Å². The van der Waals surface area contributed by atoms with Crippen LogP contribution in [0, 0.1) is 6.92 Å². The van der Waals surface area contributed by atoms with Gasteiger partial charge in [0.05, 0.1) is 24.8 Å². The molecule has 2 heterocycles. The van der Waals surface area contributed by atoms with Crippen LogP contribution in [0.3, 0.4) is 0 Å². The number of carbonyl (C=O) groups is 2. The van der Waals surface area contributed by atoms with Gasteiger partial charge in [-0.1, -0.05) is 12.1 Å². The highest BCUT2D eigenvalue weighted by Crippen LogP contribution is 2.21. The maximum Gasteiger partial charge on any atom is 0.338 e. The van der Waals surface area contributed by atoms with Crippen molar-refractivity contribution in [1.82, 2.24) is 15.3 Å². The predicted octanol–water partition coefficient (Wildman–Crippen LogP) is 2.37. The van der Waals surface area contributed by atoms with Crippen LogP contribution < -0.4 is 15.0 Å². The van der Waals surface area contributed by atoms with Crippen LogP contribution in [0.1, 0.15) is 45.8 Å². The van der Waals surface area contributed by atoms with Crippen molar-refractivity contribution >= 4 is 17.7 Å². The second-order valence-corrected chi connectivity index (χ2v) is 6.80. The molecule has 1 amide bonds. The van der Waals surface area contributed by atoms with E-state index in [0.29, 0.717) is 11.7 Å². The first-order chi connectivity index (χ1) is 14.1. The van der Waals surface area contributed by atoms with Crippen LogP contribution in [0.4, 0.5) is 5.82 Å². The van der Waals surface area contributed by atoms with E-state index in [1.165, 1.54) is 26.4 Å². The van der Waals surface area contributed by atoms with Gasteiger partial charge < -0.3 is 19.7 Å². The predicted molar refractivity (Wildman–Crippen MR) is 108 cm³/mol. The third kappa shape index (κ3) is 5.43. The fourth-order valence-corrected chi connectivity index (χ4v) is 3.27. The highest BCUT2D eigenvalue weighted by molar-refractivity contribution is 6.05. The molecular formula is C21H26N4O4. The number of ether oxygens (including phenoxy) is 2. The number of rotatable bonds is 7. The van der Waals surface area contributed by atoms with E-state index >= 15 is 0 Å². The van der Waals surface area contributed by atoms with Crippen molar-refractivity contribution in [3.05, 3.63) is 47.3 Å². The van der Waals surface area contributed by atoms with Gasteiger partial charge in [-0.2, -0.15) is 4.98 Å². The summed E-state index contributed by atoms with van der Waals surface area (Å²) in [6, 6.07) is 8.37. The number of aromatic nitrogens is 2. The maximum absolute atomic E-state index is 12.4. The Morgan fingerprint density at radius 1 is 1.10 bits per heavy atom. The number of esters is 1. The first kappa shape index (κ1) is 20.6. The molecule has 1 aromatic carbocycles. The molecule has 1 N–H and O–H groups in total. The van der Waals surface area contributed by atoms with E-state index in [4.69, 9.17) is 9.47 Å². The number of amides is 1. The molecule has 0 aliphatic carbocycles. The van der Waals surface area contributed by atoms with Gasteiger partial charge >= 0.3 is 5.97 Å². The molecule has 0 radical (unpaired) electrons. The van der Waals surface area contributed by atoms with Gasteiger partial charge in [-0.05, 0) is 38.3 Å². The molecule has 0 saturated carbocycles. The molecule has 8 nitrogen and oxygen atoms in total. The molecule has 154 valence electrons. The molecule has 0 atom stereocenters. The lowest BCUT2D eigenvalue weighted by Gasteiger charge is -2.28. The highest BCUT2D eigenvalue weighted by Gasteiger charge is 2.17. The molecular weight excluding hydrogens is 372 g/mol. The van der Waals surface area contributed by atoms with Gasteiger partial charge in [-0.15, -0.1) is 0 Å². The number of piperidine rings is 1. The third-order valence-electron chi connectivity index (χ3n) is 4.70. The van der Waals surface area contributed by atoms with Crippen molar-refractivity contribution in [2.24, 2.45) is 0 Å². The van der Waals surface area contributed by atoms with Crippen molar-refractivity contribution in [2.45, 2.75) is 26.2 Å². The Balaban J connectivity index is 1.55. The summed E-state index contributed by atoms with van der Waals surface area (Å²) in [4.78, 5) is 35.3. The molecule has 1 saturated heterocycles. The second kappa shape index (κ2) is 9.86. The van der Waals surface area contributed by atoms with E-state index in [9.17, 15) is 9.59 Å². The summed E-state index contributed by atoms with van der Waals surface area (Å²) in [5, 5.41) is 2.76. The van der Waals surface area contributed by atoms with Gasteiger partial charge in [0.25, 0.3) is 5.91 Å². The molecule has 1 fully saturated rings. The second-order valence-electron chi connectivity index (χ2n) is 6.80. The Hall–Kier alpha value is -3.16. The molecule has 29 heavy (non-hydrogen) atoms. The first-order valence-electron chi connectivity index (χ1n) is 9.77. The number of benzene rings is 1. The van der Waals surface area contributed by atoms with Gasteiger partial charge in [0.1, 0.15) is 18.2 Å². The summed E-state index contributed by atoms with van der Waals surface area (Å²) in [6.07, 6.45) is 3.58. The van der Waals surface area contributed by atoms with Crippen LogP contribution in [0.15, 0.2) is 30.3 Å². The normalized spacial score (nSPS) is 13.7. The van der Waals surface area contributed by atoms with Gasteiger partial charge in [0.15, 0.2) is 0 Å². The van der Waals surface area contributed by atoms with Crippen LogP contribution in [0.5, 0.6) is 5.88 Å². The lowest BCUT2D eigenvalue weighted by atomic mass is 10.1. The minimum absolute atomic E-state index is 0.228. The smallest absolute Gasteiger partial charge is 0.338 e. The zero-order chi connectivity index (χ0) is 20.6. The summed E-state index contributed by atoms with van der Waals surface area (Å²) >= 11 is 0. The molecule has 1 aliphatic heterocycles. The lowest BCUT2D eigenvalue weighted by Crippen LogP contribution is -2.31. The summed E-state index contributed by atoms with van der Waals surface area (Å²) in [7, 11) is 1.28. The Bertz CT molecular complexity index is 866. The zero-order valence-corrected chi connectivity index (χ0v) is 16.8. The topological polar surface area (TPSA) is 93.7 Å². The Labute approximate surface area is 170 Å². The number of hydrogen-bond acceptors (Lipinski definition) is 7. The van der Waals surface area contributed by atoms with Crippen molar-refractivity contribution in [3.8, 4) is 5.88 Å². The number of nitrogens with zero attached hydrogens (tertiary/aromatic N) is 3. The number of hydrogen-bond donors (Lipinski definition) is 1. The van der Waals surface area contributed by atoms with Gasteiger partial charge in [0.2, 0.25) is 5.88 Å². The minimum atomic E-state index is -0.547. The molecule has 3 rings (SSSR count). The monoisotopic (exact) mass is 398 g/mol. The van der Waals surface area contributed by atoms with Gasteiger partial charge in [0, 0.05) is 19.2 Å². The average Bonchev–Trinajstić information content (AvgIpc) is 2.76. The van der Waals surface area contributed by atoms with E-state index in [2.05, 4.69) is 20.2 Å². The number of carbonyl (C=O) groups excluding carboxylic acids is 2. The van der Waals surface area contributed by atoms with Crippen molar-refractivity contribution in [3.63, 3.8) is 0 Å². The number of anilines is 1. The molecule has 0 spiro atoms. The first-order valence-corrected chi connectivity index (χ1v) is 9.77. The van der Waals surface area contributed by atoms with E-state index in [1.807, 2.05) is 13.0 Å². The van der Waals surface area contributed by atoms with E-state index in [1.54, 1.807) is 24.3 Å². The largest absolute Gasteiger partial charge is 0.476 e. The van der Waals surface area contributed by atoms with Crippen LogP contribution in [0.25, 0.3) is 0 Å². The molecule has 0 bridgehead atoms. The maximum atomic E-state index is 12.4. The van der Waals surface area contributed by atoms with Crippen molar-refractivity contribution < 1.29 is 19.1 Å². The standard InChI is InChI=1S/C21H26N4O4/c1-15-23-18(25-11-6-3-7-12-25)14-19(24-15)29-13-10-22-20(26)16-8-4-5-9-17(16)21(27)28-2/h4-5,8-9,14H,3,6-7,10-13H2,1-2H3,(H,22,26). The Morgan fingerprint density at radius 2 is 1.83 bits per heavy atom. The Kier molecular flexibility index (Phi) is 6.99. The average molecular weight is 398 g/mol. The number of aryl methyl sites for hydroxylation is 1. The van der Waals surface area contributed by atoms with E-state index in [-0.39, 0.29) is 30.2 Å². The molecule has 1 aromatic heterocycles. The molecule has 8 heteroatoms. The summed E-state index contributed by atoms with van der Waals surface area (Å²) in [5.41, 5.74) is 0.496. The zero-order valence-electron chi connectivity index (χ0n) is 16.8. The van der Waals surface area contributed by atoms with Crippen LogP contribution in [-0.2, 0) is 4.74 Å². The molecule has 1 aliphatic rings. The van der Waals surface area contributed by atoms with Gasteiger partial charge in [-0.25, -0.2) is 9.78 Å². The quantitative estimate of drug-likeness (QED) is 0.565. The SMILES string of the molecule is COC(=O)c1ccccc1C(=O)NCCOc1cc(N2CCCCC2)nc(C)n1.